The van der Waals surface area contributed by atoms with Crippen LogP contribution in [0.15, 0.2) is 192 Å². The van der Waals surface area contributed by atoms with Crippen molar-refractivity contribution in [1.82, 2.24) is 15.0 Å². The minimum atomic E-state index is 0.595. The first-order chi connectivity index (χ1) is 27.2. The summed E-state index contributed by atoms with van der Waals surface area (Å²) >= 11 is 0. The lowest BCUT2D eigenvalue weighted by atomic mass is 9.92. The minimum absolute atomic E-state index is 0.595. The molecule has 9 aromatic carbocycles. The van der Waals surface area contributed by atoms with Gasteiger partial charge < -0.3 is 4.42 Å². The van der Waals surface area contributed by atoms with E-state index < -0.39 is 0 Å². The van der Waals surface area contributed by atoms with E-state index in [-0.39, 0.29) is 0 Å². The summed E-state index contributed by atoms with van der Waals surface area (Å²) in [6.45, 7) is 0. The lowest BCUT2D eigenvalue weighted by molar-refractivity contribution is 0.669. The maximum atomic E-state index is 6.89. The number of furan rings is 1. The van der Waals surface area contributed by atoms with Crippen LogP contribution in [-0.2, 0) is 0 Å². The van der Waals surface area contributed by atoms with Gasteiger partial charge in [0.05, 0.1) is 0 Å². The molecule has 4 nitrogen and oxygen atoms in total. The molecule has 11 rings (SSSR count). The van der Waals surface area contributed by atoms with Crippen molar-refractivity contribution in [1.29, 1.82) is 0 Å². The van der Waals surface area contributed by atoms with E-state index in [1.165, 1.54) is 16.5 Å². The van der Waals surface area contributed by atoms with Crippen LogP contribution in [0.4, 0.5) is 0 Å². The average molecular weight is 702 g/mol. The first kappa shape index (κ1) is 31.1. The molecule has 0 aliphatic heterocycles. The molecular weight excluding hydrogens is 671 g/mol. The third-order valence-electron chi connectivity index (χ3n) is 10.7. The second kappa shape index (κ2) is 12.6. The molecule has 256 valence electrons. The molecule has 55 heavy (non-hydrogen) atoms. The highest BCUT2D eigenvalue weighted by Gasteiger charge is 2.21. The zero-order chi connectivity index (χ0) is 36.3. The molecule has 0 aliphatic carbocycles. The van der Waals surface area contributed by atoms with E-state index in [1.54, 1.807) is 0 Å². The number of hydrogen-bond donors (Lipinski definition) is 0. The first-order valence-corrected chi connectivity index (χ1v) is 18.5. The van der Waals surface area contributed by atoms with Crippen molar-refractivity contribution in [2.45, 2.75) is 0 Å². The van der Waals surface area contributed by atoms with E-state index in [0.29, 0.717) is 17.5 Å². The van der Waals surface area contributed by atoms with Gasteiger partial charge in [0.1, 0.15) is 11.2 Å². The van der Waals surface area contributed by atoms with Crippen LogP contribution < -0.4 is 0 Å². The van der Waals surface area contributed by atoms with Gasteiger partial charge in [-0.2, -0.15) is 0 Å². The lowest BCUT2D eigenvalue weighted by Gasteiger charge is -2.13. The number of aromatic nitrogens is 3. The molecule has 0 amide bonds. The SMILES string of the molecule is c1ccc(-c2nc(-c3ccc4ccccc4c3)nc(-c3cc4oc5cc(-c6ccccc6-c6ccccc6)ccc5c4c4c3ccc3ccccc34)n2)cc1. The molecule has 2 heterocycles. The molecule has 0 aliphatic rings. The van der Waals surface area contributed by atoms with E-state index in [9.17, 15) is 0 Å². The fourth-order valence-electron chi connectivity index (χ4n) is 8.08. The van der Waals surface area contributed by atoms with Crippen molar-refractivity contribution >= 4 is 54.3 Å². The molecule has 0 fully saturated rings. The Labute approximate surface area is 317 Å². The van der Waals surface area contributed by atoms with Crippen LogP contribution in [0.5, 0.6) is 0 Å². The number of rotatable bonds is 5. The fraction of sp³-hybridized carbons (Fsp3) is 0. The molecule has 2 aromatic heterocycles. The number of hydrogen-bond acceptors (Lipinski definition) is 4. The molecule has 0 unspecified atom stereocenters. The van der Waals surface area contributed by atoms with Gasteiger partial charge in [0, 0.05) is 32.8 Å². The molecule has 0 saturated carbocycles. The highest BCUT2D eigenvalue weighted by Crippen LogP contribution is 2.44. The standard InChI is InChI=1S/C51H31N3O/c1-3-14-33(15-4-1)39-20-11-12-21-40(39)37-26-28-43-45(30-37)55-46-31-44(42-27-25-34-16-9-10-22-41(34)47(42)48(43)46)51-53-49(35-17-5-2-6-18-35)52-50(54-51)38-24-23-32-13-7-8-19-36(32)29-38/h1-31H. The summed E-state index contributed by atoms with van der Waals surface area (Å²) in [4.78, 5) is 15.5. The second-order valence-corrected chi connectivity index (χ2v) is 14.0. The summed E-state index contributed by atoms with van der Waals surface area (Å²) in [7, 11) is 0. The monoisotopic (exact) mass is 701 g/mol. The Bertz CT molecular complexity index is 3260. The molecule has 0 spiro atoms. The van der Waals surface area contributed by atoms with Crippen molar-refractivity contribution in [3.05, 3.63) is 188 Å². The van der Waals surface area contributed by atoms with Crippen LogP contribution in [0.1, 0.15) is 0 Å². The van der Waals surface area contributed by atoms with Gasteiger partial charge in [-0.15, -0.1) is 0 Å². The molecule has 11 aromatic rings. The zero-order valence-corrected chi connectivity index (χ0v) is 29.6. The Hall–Kier alpha value is -7.43. The normalized spacial score (nSPS) is 11.6. The second-order valence-electron chi connectivity index (χ2n) is 14.0. The van der Waals surface area contributed by atoms with E-state index >= 15 is 0 Å². The molecule has 0 bridgehead atoms. The van der Waals surface area contributed by atoms with Crippen LogP contribution in [0.25, 0.3) is 111 Å². The molecule has 0 radical (unpaired) electrons. The first-order valence-electron chi connectivity index (χ1n) is 18.5. The highest BCUT2D eigenvalue weighted by atomic mass is 16.3. The van der Waals surface area contributed by atoms with Gasteiger partial charge in [0.25, 0.3) is 0 Å². The van der Waals surface area contributed by atoms with E-state index in [1.807, 2.05) is 30.3 Å². The zero-order valence-electron chi connectivity index (χ0n) is 29.6. The predicted molar refractivity (Wildman–Crippen MR) is 227 cm³/mol. The van der Waals surface area contributed by atoms with Crippen molar-refractivity contribution in [2.24, 2.45) is 0 Å². The van der Waals surface area contributed by atoms with Crippen LogP contribution in [0.3, 0.4) is 0 Å². The van der Waals surface area contributed by atoms with Gasteiger partial charge in [-0.25, -0.2) is 15.0 Å². The van der Waals surface area contributed by atoms with Gasteiger partial charge >= 0.3 is 0 Å². The molecule has 0 saturated heterocycles. The Morgan fingerprint density at radius 3 is 1.67 bits per heavy atom. The maximum Gasteiger partial charge on any atom is 0.164 e. The predicted octanol–water partition coefficient (Wildman–Crippen LogP) is 13.6. The van der Waals surface area contributed by atoms with E-state index in [0.717, 1.165) is 76.7 Å². The minimum Gasteiger partial charge on any atom is -0.456 e. The quantitative estimate of drug-likeness (QED) is 0.168. The summed E-state index contributed by atoms with van der Waals surface area (Å²) < 4.78 is 6.89. The van der Waals surface area contributed by atoms with Crippen molar-refractivity contribution in [2.75, 3.05) is 0 Å². The third-order valence-corrected chi connectivity index (χ3v) is 10.7. The maximum absolute atomic E-state index is 6.89. The van der Waals surface area contributed by atoms with Crippen molar-refractivity contribution in [3.63, 3.8) is 0 Å². The van der Waals surface area contributed by atoms with Gasteiger partial charge in [0.2, 0.25) is 0 Å². The van der Waals surface area contributed by atoms with Crippen LogP contribution in [-0.4, -0.2) is 15.0 Å². The summed E-state index contributed by atoms with van der Waals surface area (Å²) in [5.74, 6) is 1.83. The van der Waals surface area contributed by atoms with Crippen LogP contribution >= 0.6 is 0 Å². The van der Waals surface area contributed by atoms with Crippen LogP contribution in [0, 0.1) is 0 Å². The Morgan fingerprint density at radius 1 is 0.291 bits per heavy atom. The van der Waals surface area contributed by atoms with Gasteiger partial charge in [-0.05, 0) is 73.5 Å². The van der Waals surface area contributed by atoms with E-state index in [2.05, 4.69) is 158 Å². The van der Waals surface area contributed by atoms with Gasteiger partial charge in [0.15, 0.2) is 17.5 Å². The fourth-order valence-corrected chi connectivity index (χ4v) is 8.08. The highest BCUT2D eigenvalue weighted by molar-refractivity contribution is 6.29. The molecular formula is C51H31N3O. The van der Waals surface area contributed by atoms with E-state index in [4.69, 9.17) is 19.4 Å². The average Bonchev–Trinajstić information content (AvgIpc) is 3.64. The smallest absolute Gasteiger partial charge is 0.164 e. The molecule has 4 heteroatoms. The molecule has 0 N–H and O–H groups in total. The number of benzene rings is 9. The molecule has 0 atom stereocenters. The Morgan fingerprint density at radius 2 is 0.873 bits per heavy atom. The topological polar surface area (TPSA) is 51.8 Å². The third kappa shape index (κ3) is 5.26. The number of fused-ring (bicyclic) bond motifs is 8. The summed E-state index contributed by atoms with van der Waals surface area (Å²) in [5.41, 5.74) is 9.00. The van der Waals surface area contributed by atoms with Crippen molar-refractivity contribution in [3.8, 4) is 56.4 Å². The summed E-state index contributed by atoms with van der Waals surface area (Å²) in [6.07, 6.45) is 0. The largest absolute Gasteiger partial charge is 0.456 e. The van der Waals surface area contributed by atoms with Gasteiger partial charge in [-0.3, -0.25) is 0 Å². The van der Waals surface area contributed by atoms with Crippen LogP contribution in [0.2, 0.25) is 0 Å². The van der Waals surface area contributed by atoms with Gasteiger partial charge in [-0.1, -0.05) is 164 Å². The lowest BCUT2D eigenvalue weighted by Crippen LogP contribution is -2.00. The Balaban J connectivity index is 1.18. The number of nitrogens with zero attached hydrogens (tertiary/aromatic N) is 3. The summed E-state index contributed by atoms with van der Waals surface area (Å²) in [6, 6.07) is 65.7. The summed E-state index contributed by atoms with van der Waals surface area (Å²) in [5, 5.41) is 8.95. The van der Waals surface area contributed by atoms with Crippen molar-refractivity contribution < 1.29 is 4.42 Å². The Kier molecular flexibility index (Phi) is 7.14.